The van der Waals surface area contributed by atoms with Crippen molar-refractivity contribution in [2.75, 3.05) is 52.5 Å². The summed E-state index contributed by atoms with van der Waals surface area (Å²) in [4.78, 5) is 17.3. The Morgan fingerprint density at radius 2 is 1.37 bits per heavy atom. The summed E-state index contributed by atoms with van der Waals surface area (Å²) < 4.78 is 5.48. The molecule has 1 fully saturated rings. The van der Waals surface area contributed by atoms with Crippen LogP contribution in [0.2, 0.25) is 0 Å². The van der Waals surface area contributed by atoms with Crippen LogP contribution in [0.4, 0.5) is 0 Å². The molecule has 0 atom stereocenters. The average molecular weight is 540 g/mol. The highest BCUT2D eigenvalue weighted by Crippen LogP contribution is 2.23. The van der Waals surface area contributed by atoms with Gasteiger partial charge in [0.25, 0.3) is 0 Å². The molecule has 3 N–H and O–H groups in total. The van der Waals surface area contributed by atoms with Crippen molar-refractivity contribution < 1.29 is 14.6 Å². The van der Waals surface area contributed by atoms with E-state index in [-0.39, 0.29) is 12.6 Å². The Morgan fingerprint density at radius 3 is 2.05 bits per heavy atom. The van der Waals surface area contributed by atoms with Gasteiger partial charge in [-0.1, -0.05) is 90.4 Å². The Bertz CT molecular complexity index is 514. The summed E-state index contributed by atoms with van der Waals surface area (Å²) in [7, 11) is 0. The van der Waals surface area contributed by atoms with E-state index in [0.717, 1.165) is 77.8 Å². The van der Waals surface area contributed by atoms with Crippen molar-refractivity contribution in [3.05, 3.63) is 0 Å². The molecule has 1 rings (SSSR count). The summed E-state index contributed by atoms with van der Waals surface area (Å²) in [5, 5.41) is 9.52. The van der Waals surface area contributed by atoms with Crippen LogP contribution in [0.1, 0.15) is 142 Å². The van der Waals surface area contributed by atoms with E-state index < -0.39 is 0 Å². The van der Waals surface area contributed by atoms with Crippen LogP contribution in [0.15, 0.2) is 0 Å². The topological polar surface area (TPSA) is 79.0 Å². The Kier molecular flexibility index (Phi) is 24.7. The molecule has 0 aliphatic heterocycles. The highest BCUT2D eigenvalue weighted by atomic mass is 16.5. The molecule has 0 unspecified atom stereocenters. The molecule has 226 valence electrons. The van der Waals surface area contributed by atoms with E-state index in [9.17, 15) is 9.90 Å². The Hall–Kier alpha value is -0.690. The Labute approximate surface area is 236 Å². The lowest BCUT2D eigenvalue weighted by molar-refractivity contribution is -0.143. The van der Waals surface area contributed by atoms with E-state index in [2.05, 4.69) is 16.7 Å². The predicted molar refractivity (Wildman–Crippen MR) is 162 cm³/mol. The molecule has 1 aliphatic carbocycles. The van der Waals surface area contributed by atoms with E-state index in [1.807, 2.05) is 0 Å². The van der Waals surface area contributed by atoms with Crippen LogP contribution in [-0.2, 0) is 9.53 Å². The lowest BCUT2D eigenvalue weighted by Crippen LogP contribution is -2.43. The molecular formula is C32H65N3O3. The normalized spacial score (nSPS) is 14.6. The van der Waals surface area contributed by atoms with Crippen molar-refractivity contribution in [2.45, 2.75) is 148 Å². The van der Waals surface area contributed by atoms with Crippen LogP contribution in [0.5, 0.6) is 0 Å². The quantitative estimate of drug-likeness (QED) is 0.0895. The Balaban J connectivity index is 2.18. The van der Waals surface area contributed by atoms with Gasteiger partial charge in [-0.25, -0.2) is 0 Å². The number of hydrogen-bond acceptors (Lipinski definition) is 6. The average Bonchev–Trinajstić information content (AvgIpc) is 2.93. The number of unbranched alkanes of at least 4 members (excludes halogenated alkanes) is 12. The number of ether oxygens (including phenoxy) is 1. The number of aliphatic hydroxyl groups is 1. The summed E-state index contributed by atoms with van der Waals surface area (Å²) in [6.45, 7) is 8.92. The summed E-state index contributed by atoms with van der Waals surface area (Å²) in [5.41, 5.74) is 5.64. The Morgan fingerprint density at radius 1 is 0.737 bits per heavy atom. The molecule has 0 saturated heterocycles. The second-order valence-corrected chi connectivity index (χ2v) is 11.6. The molecule has 1 saturated carbocycles. The van der Waals surface area contributed by atoms with E-state index >= 15 is 0 Å². The number of hydrogen-bond donors (Lipinski definition) is 2. The largest absolute Gasteiger partial charge is 0.466 e. The minimum Gasteiger partial charge on any atom is -0.466 e. The molecule has 0 radical (unpaired) electrons. The van der Waals surface area contributed by atoms with Crippen LogP contribution < -0.4 is 5.73 Å². The highest BCUT2D eigenvalue weighted by molar-refractivity contribution is 5.69. The second kappa shape index (κ2) is 26.5. The number of rotatable bonds is 27. The summed E-state index contributed by atoms with van der Waals surface area (Å²) >= 11 is 0. The van der Waals surface area contributed by atoms with Crippen molar-refractivity contribution in [1.29, 1.82) is 0 Å². The number of carbonyl (C=O) groups excluding carboxylic acids is 1. The van der Waals surface area contributed by atoms with E-state index in [0.29, 0.717) is 19.1 Å². The standard InChI is InChI=1S/C32H65N3O3/c1-2-3-4-5-6-7-8-9-19-30-38-32(37)22-15-11-18-25-35(31-20-13-10-14-21-31)27-26-34(28-29-36)24-17-12-16-23-33/h31,36H,2-30,33H2,1H3. The third-order valence-corrected chi connectivity index (χ3v) is 8.23. The minimum atomic E-state index is -0.0111. The van der Waals surface area contributed by atoms with Gasteiger partial charge in [-0.05, 0) is 64.6 Å². The highest BCUT2D eigenvalue weighted by Gasteiger charge is 2.21. The molecule has 6 heteroatoms. The van der Waals surface area contributed by atoms with Gasteiger partial charge >= 0.3 is 5.97 Å². The second-order valence-electron chi connectivity index (χ2n) is 11.6. The molecule has 0 heterocycles. The number of aliphatic hydroxyl groups excluding tert-OH is 1. The molecule has 0 amide bonds. The van der Waals surface area contributed by atoms with Gasteiger partial charge in [-0.15, -0.1) is 0 Å². The number of esters is 1. The van der Waals surface area contributed by atoms with Gasteiger partial charge in [0, 0.05) is 32.1 Å². The number of nitrogens with two attached hydrogens (primary N) is 1. The van der Waals surface area contributed by atoms with E-state index in [1.165, 1.54) is 89.9 Å². The lowest BCUT2D eigenvalue weighted by atomic mass is 9.94. The smallest absolute Gasteiger partial charge is 0.305 e. The van der Waals surface area contributed by atoms with Crippen molar-refractivity contribution >= 4 is 5.97 Å². The van der Waals surface area contributed by atoms with Gasteiger partial charge < -0.3 is 15.6 Å². The molecule has 6 nitrogen and oxygen atoms in total. The van der Waals surface area contributed by atoms with Crippen molar-refractivity contribution in [3.63, 3.8) is 0 Å². The molecule has 1 aliphatic rings. The maximum atomic E-state index is 12.1. The molecule has 38 heavy (non-hydrogen) atoms. The summed E-state index contributed by atoms with van der Waals surface area (Å²) in [6.07, 6.45) is 25.5. The maximum Gasteiger partial charge on any atom is 0.305 e. The molecule has 0 spiro atoms. The first-order chi connectivity index (χ1) is 18.7. The fourth-order valence-corrected chi connectivity index (χ4v) is 5.76. The SMILES string of the molecule is CCCCCCCCCCCOC(=O)CCCCCN(CCN(CCO)CCCCCN)C1CCCCC1. The first kappa shape index (κ1) is 35.3. The molecule has 0 bridgehead atoms. The predicted octanol–water partition coefficient (Wildman–Crippen LogP) is 6.68. The molecule has 0 aromatic rings. The van der Waals surface area contributed by atoms with Crippen LogP contribution in [-0.4, -0.2) is 79.4 Å². The van der Waals surface area contributed by atoms with Crippen molar-refractivity contribution in [1.82, 2.24) is 9.80 Å². The fourth-order valence-electron chi connectivity index (χ4n) is 5.76. The zero-order valence-corrected chi connectivity index (χ0v) is 25.3. The first-order valence-electron chi connectivity index (χ1n) is 16.6. The van der Waals surface area contributed by atoms with Crippen LogP contribution >= 0.6 is 0 Å². The van der Waals surface area contributed by atoms with E-state index in [4.69, 9.17) is 10.5 Å². The third kappa shape index (κ3) is 20.2. The van der Waals surface area contributed by atoms with Gasteiger partial charge in [0.05, 0.1) is 13.2 Å². The zero-order chi connectivity index (χ0) is 27.5. The van der Waals surface area contributed by atoms with Crippen LogP contribution in [0.25, 0.3) is 0 Å². The third-order valence-electron chi connectivity index (χ3n) is 8.23. The van der Waals surface area contributed by atoms with Crippen molar-refractivity contribution in [2.24, 2.45) is 5.73 Å². The lowest BCUT2D eigenvalue weighted by Gasteiger charge is -2.36. The van der Waals surface area contributed by atoms with Crippen LogP contribution in [0, 0.1) is 0 Å². The van der Waals surface area contributed by atoms with Gasteiger partial charge in [0.2, 0.25) is 0 Å². The van der Waals surface area contributed by atoms with Gasteiger partial charge in [-0.3, -0.25) is 14.6 Å². The number of carbonyl (C=O) groups is 1. The number of nitrogens with zero attached hydrogens (tertiary/aromatic N) is 2. The zero-order valence-electron chi connectivity index (χ0n) is 25.3. The minimum absolute atomic E-state index is 0.0111. The van der Waals surface area contributed by atoms with Crippen molar-refractivity contribution in [3.8, 4) is 0 Å². The fraction of sp³-hybridized carbons (Fsp3) is 0.969. The van der Waals surface area contributed by atoms with Gasteiger partial charge in [0.1, 0.15) is 0 Å². The molecule has 0 aromatic carbocycles. The van der Waals surface area contributed by atoms with E-state index in [1.54, 1.807) is 0 Å². The summed E-state index contributed by atoms with van der Waals surface area (Å²) in [5.74, 6) is -0.0111. The monoisotopic (exact) mass is 540 g/mol. The van der Waals surface area contributed by atoms with Crippen LogP contribution in [0.3, 0.4) is 0 Å². The molecule has 0 aromatic heterocycles. The first-order valence-corrected chi connectivity index (χ1v) is 16.6. The van der Waals surface area contributed by atoms with Gasteiger partial charge in [-0.2, -0.15) is 0 Å². The van der Waals surface area contributed by atoms with Gasteiger partial charge in [0.15, 0.2) is 0 Å². The maximum absolute atomic E-state index is 12.1. The summed E-state index contributed by atoms with van der Waals surface area (Å²) in [6, 6.07) is 0.707. The molecular weight excluding hydrogens is 474 g/mol.